The molecule has 1 aliphatic heterocycles. The SMILES string of the molecule is CC(C)(C)CCCCC(O)C1CCCO1. The second kappa shape index (κ2) is 5.86. The van der Waals surface area contributed by atoms with Crippen LogP contribution in [0.25, 0.3) is 0 Å². The normalized spacial score (nSPS) is 24.4. The second-order valence-corrected chi connectivity index (χ2v) is 5.93. The first kappa shape index (κ1) is 13.0. The molecule has 2 heteroatoms. The van der Waals surface area contributed by atoms with E-state index in [1.807, 2.05) is 0 Å². The number of aliphatic hydroxyl groups is 1. The van der Waals surface area contributed by atoms with Gasteiger partial charge < -0.3 is 9.84 Å². The lowest BCUT2D eigenvalue weighted by Gasteiger charge is -2.20. The Bertz CT molecular complexity index is 166. The quantitative estimate of drug-likeness (QED) is 0.712. The first-order valence-corrected chi connectivity index (χ1v) is 6.29. The Labute approximate surface area is 94.0 Å². The van der Waals surface area contributed by atoms with E-state index in [1.165, 1.54) is 12.8 Å². The van der Waals surface area contributed by atoms with E-state index in [0.717, 1.165) is 32.3 Å². The molecule has 2 atom stereocenters. The Hall–Kier alpha value is -0.0800. The minimum absolute atomic E-state index is 0.125. The van der Waals surface area contributed by atoms with E-state index in [-0.39, 0.29) is 12.2 Å². The first-order valence-electron chi connectivity index (χ1n) is 6.29. The van der Waals surface area contributed by atoms with Crippen molar-refractivity contribution in [3.8, 4) is 0 Å². The standard InChI is InChI=1S/C13H26O2/c1-13(2,3)9-5-4-7-11(14)12-8-6-10-15-12/h11-12,14H,4-10H2,1-3H3. The molecule has 1 saturated heterocycles. The van der Waals surface area contributed by atoms with E-state index in [4.69, 9.17) is 4.74 Å². The van der Waals surface area contributed by atoms with Gasteiger partial charge in [-0.3, -0.25) is 0 Å². The van der Waals surface area contributed by atoms with Gasteiger partial charge in [0.25, 0.3) is 0 Å². The lowest BCUT2D eigenvalue weighted by molar-refractivity contribution is -0.00659. The van der Waals surface area contributed by atoms with E-state index in [0.29, 0.717) is 5.41 Å². The summed E-state index contributed by atoms with van der Waals surface area (Å²) >= 11 is 0. The minimum Gasteiger partial charge on any atom is -0.390 e. The molecule has 0 spiro atoms. The minimum atomic E-state index is -0.229. The summed E-state index contributed by atoms with van der Waals surface area (Å²) in [6, 6.07) is 0. The molecule has 0 aliphatic carbocycles. The van der Waals surface area contributed by atoms with Gasteiger partial charge in [0.1, 0.15) is 0 Å². The lowest BCUT2D eigenvalue weighted by Crippen LogP contribution is -2.24. The van der Waals surface area contributed by atoms with Gasteiger partial charge in [-0.25, -0.2) is 0 Å². The van der Waals surface area contributed by atoms with Crippen LogP contribution in [0.2, 0.25) is 0 Å². The van der Waals surface area contributed by atoms with Gasteiger partial charge in [0, 0.05) is 6.61 Å². The van der Waals surface area contributed by atoms with Crippen molar-refractivity contribution in [3.05, 3.63) is 0 Å². The van der Waals surface area contributed by atoms with Crippen LogP contribution in [0, 0.1) is 5.41 Å². The van der Waals surface area contributed by atoms with Crippen molar-refractivity contribution in [2.45, 2.75) is 71.5 Å². The number of rotatable bonds is 5. The smallest absolute Gasteiger partial charge is 0.0834 e. The zero-order chi connectivity index (χ0) is 11.3. The predicted octanol–water partition coefficient (Wildman–Crippen LogP) is 3.13. The highest BCUT2D eigenvalue weighted by molar-refractivity contribution is 4.73. The molecule has 1 N–H and O–H groups in total. The fourth-order valence-electron chi connectivity index (χ4n) is 2.10. The monoisotopic (exact) mass is 214 g/mol. The molecule has 0 radical (unpaired) electrons. The van der Waals surface area contributed by atoms with E-state index in [9.17, 15) is 5.11 Å². The van der Waals surface area contributed by atoms with Crippen molar-refractivity contribution in [1.82, 2.24) is 0 Å². The van der Waals surface area contributed by atoms with Crippen molar-refractivity contribution in [2.75, 3.05) is 6.61 Å². The Kier molecular flexibility index (Phi) is 5.07. The molecule has 90 valence electrons. The highest BCUT2D eigenvalue weighted by atomic mass is 16.5. The summed E-state index contributed by atoms with van der Waals surface area (Å²) in [7, 11) is 0. The largest absolute Gasteiger partial charge is 0.390 e. The molecule has 15 heavy (non-hydrogen) atoms. The van der Waals surface area contributed by atoms with Crippen molar-refractivity contribution >= 4 is 0 Å². The number of ether oxygens (including phenoxy) is 1. The molecule has 1 heterocycles. The zero-order valence-corrected chi connectivity index (χ0v) is 10.5. The van der Waals surface area contributed by atoms with Gasteiger partial charge in [-0.2, -0.15) is 0 Å². The Morgan fingerprint density at radius 2 is 2.07 bits per heavy atom. The molecule has 0 saturated carbocycles. The third-order valence-corrected chi connectivity index (χ3v) is 3.07. The summed E-state index contributed by atoms with van der Waals surface area (Å²) in [6.45, 7) is 7.64. The van der Waals surface area contributed by atoms with Crippen molar-refractivity contribution in [1.29, 1.82) is 0 Å². The molecule has 1 rings (SSSR count). The lowest BCUT2D eigenvalue weighted by atomic mass is 9.89. The summed E-state index contributed by atoms with van der Waals surface area (Å²) in [4.78, 5) is 0. The van der Waals surface area contributed by atoms with Crippen LogP contribution in [0.1, 0.15) is 59.3 Å². The molecule has 1 fully saturated rings. The van der Waals surface area contributed by atoms with Crippen molar-refractivity contribution < 1.29 is 9.84 Å². The van der Waals surface area contributed by atoms with E-state index in [2.05, 4.69) is 20.8 Å². The highest BCUT2D eigenvalue weighted by Gasteiger charge is 2.23. The van der Waals surface area contributed by atoms with Crippen molar-refractivity contribution in [2.24, 2.45) is 5.41 Å². The Morgan fingerprint density at radius 1 is 1.33 bits per heavy atom. The topological polar surface area (TPSA) is 29.5 Å². The maximum Gasteiger partial charge on any atom is 0.0834 e. The van der Waals surface area contributed by atoms with Crippen LogP contribution in [-0.4, -0.2) is 23.9 Å². The number of aliphatic hydroxyl groups excluding tert-OH is 1. The molecule has 2 unspecified atom stereocenters. The third-order valence-electron chi connectivity index (χ3n) is 3.07. The van der Waals surface area contributed by atoms with Gasteiger partial charge in [0.15, 0.2) is 0 Å². The van der Waals surface area contributed by atoms with Crippen LogP contribution >= 0.6 is 0 Å². The fraction of sp³-hybridized carbons (Fsp3) is 1.00. The number of unbranched alkanes of at least 4 members (excludes halogenated alkanes) is 1. The Morgan fingerprint density at radius 3 is 2.60 bits per heavy atom. The van der Waals surface area contributed by atoms with Gasteiger partial charge in [-0.1, -0.05) is 33.6 Å². The maximum absolute atomic E-state index is 9.85. The predicted molar refractivity (Wildman–Crippen MR) is 62.9 cm³/mol. The first-order chi connectivity index (χ1) is 6.99. The molecular formula is C13H26O2. The van der Waals surface area contributed by atoms with E-state index >= 15 is 0 Å². The number of hydrogen-bond acceptors (Lipinski definition) is 2. The van der Waals surface area contributed by atoms with Gasteiger partial charge in [0.05, 0.1) is 12.2 Å². The molecule has 0 aromatic rings. The molecule has 2 nitrogen and oxygen atoms in total. The van der Waals surface area contributed by atoms with E-state index < -0.39 is 0 Å². The van der Waals surface area contributed by atoms with Crippen LogP contribution in [0.3, 0.4) is 0 Å². The van der Waals surface area contributed by atoms with Gasteiger partial charge in [0.2, 0.25) is 0 Å². The zero-order valence-electron chi connectivity index (χ0n) is 10.5. The van der Waals surface area contributed by atoms with Crippen LogP contribution in [0.15, 0.2) is 0 Å². The van der Waals surface area contributed by atoms with E-state index in [1.54, 1.807) is 0 Å². The van der Waals surface area contributed by atoms with Crippen LogP contribution < -0.4 is 0 Å². The maximum atomic E-state index is 9.85. The van der Waals surface area contributed by atoms with Crippen LogP contribution in [-0.2, 0) is 4.74 Å². The average molecular weight is 214 g/mol. The molecule has 0 amide bonds. The van der Waals surface area contributed by atoms with Gasteiger partial charge in [-0.15, -0.1) is 0 Å². The number of hydrogen-bond donors (Lipinski definition) is 1. The average Bonchev–Trinajstić information content (AvgIpc) is 2.63. The van der Waals surface area contributed by atoms with Crippen molar-refractivity contribution in [3.63, 3.8) is 0 Å². The molecular weight excluding hydrogens is 188 g/mol. The molecule has 0 bridgehead atoms. The summed E-state index contributed by atoms with van der Waals surface area (Å²) in [5.41, 5.74) is 0.425. The summed E-state index contributed by atoms with van der Waals surface area (Å²) < 4.78 is 5.46. The molecule has 0 aromatic heterocycles. The van der Waals surface area contributed by atoms with Crippen LogP contribution in [0.4, 0.5) is 0 Å². The van der Waals surface area contributed by atoms with Crippen LogP contribution in [0.5, 0.6) is 0 Å². The molecule has 1 aliphatic rings. The fourth-order valence-corrected chi connectivity index (χ4v) is 2.10. The summed E-state index contributed by atoms with van der Waals surface area (Å²) in [5, 5.41) is 9.85. The third kappa shape index (κ3) is 5.53. The Balaban J connectivity index is 2.04. The summed E-state index contributed by atoms with van der Waals surface area (Å²) in [5.74, 6) is 0. The second-order valence-electron chi connectivity index (χ2n) is 5.93. The van der Waals surface area contributed by atoms with Gasteiger partial charge >= 0.3 is 0 Å². The highest BCUT2D eigenvalue weighted by Crippen LogP contribution is 2.24. The summed E-state index contributed by atoms with van der Waals surface area (Å²) in [6.07, 6.45) is 6.54. The molecule has 0 aromatic carbocycles. The van der Waals surface area contributed by atoms with Gasteiger partial charge in [-0.05, 0) is 31.1 Å².